The van der Waals surface area contributed by atoms with Gasteiger partial charge in [0, 0.05) is 25.6 Å². The highest BCUT2D eigenvalue weighted by molar-refractivity contribution is 5.85. The number of rotatable bonds is 7. The molecular formula is C14H24ClN5O3. The van der Waals surface area contributed by atoms with Crippen LogP contribution in [0.25, 0.3) is 0 Å². The zero-order valence-electron chi connectivity index (χ0n) is 13.3. The van der Waals surface area contributed by atoms with Gasteiger partial charge in [-0.1, -0.05) is 6.92 Å². The third kappa shape index (κ3) is 5.47. The molecule has 0 atom stereocenters. The quantitative estimate of drug-likeness (QED) is 0.598. The second-order valence-electron chi connectivity index (χ2n) is 5.54. The highest BCUT2D eigenvalue weighted by atomic mass is 35.5. The molecule has 0 aromatic carbocycles. The standard InChI is InChI=1S/C14H23N5O3.ClH/c1-2-8-18(12-3-6-15-7-4-12)14(20)5-9-17-11-13(10-16-17)19(21)22;/h10-12,15H,2-9H2,1H3;1H. The SMILES string of the molecule is CCCN(C(=O)CCn1cc([N+](=O)[O-])cn1)C1CCNCC1.Cl. The van der Waals surface area contributed by atoms with Crippen molar-refractivity contribution in [3.8, 4) is 0 Å². The molecule has 0 saturated carbocycles. The number of hydrogen-bond donors (Lipinski definition) is 1. The van der Waals surface area contributed by atoms with Gasteiger partial charge >= 0.3 is 5.69 Å². The van der Waals surface area contributed by atoms with Crippen LogP contribution in [0.4, 0.5) is 5.69 Å². The molecule has 0 aliphatic carbocycles. The van der Waals surface area contributed by atoms with Crippen molar-refractivity contribution in [1.29, 1.82) is 0 Å². The van der Waals surface area contributed by atoms with E-state index >= 15 is 0 Å². The number of nitro groups is 1. The molecule has 0 bridgehead atoms. The van der Waals surface area contributed by atoms with Crippen molar-refractivity contribution < 1.29 is 9.72 Å². The molecule has 0 unspecified atom stereocenters. The second kappa shape index (κ2) is 9.46. The molecular weight excluding hydrogens is 322 g/mol. The van der Waals surface area contributed by atoms with Crippen LogP contribution in [0.3, 0.4) is 0 Å². The van der Waals surface area contributed by atoms with Crippen molar-refractivity contribution >= 4 is 24.0 Å². The van der Waals surface area contributed by atoms with Gasteiger partial charge in [-0.2, -0.15) is 5.10 Å². The molecule has 0 radical (unpaired) electrons. The van der Waals surface area contributed by atoms with Gasteiger partial charge in [0.25, 0.3) is 0 Å². The summed E-state index contributed by atoms with van der Waals surface area (Å²) in [5.74, 6) is 0.104. The summed E-state index contributed by atoms with van der Waals surface area (Å²) in [5, 5.41) is 17.9. The highest BCUT2D eigenvalue weighted by Crippen LogP contribution is 2.15. The summed E-state index contributed by atoms with van der Waals surface area (Å²) in [5.41, 5.74) is -0.0452. The minimum atomic E-state index is -0.482. The van der Waals surface area contributed by atoms with Crippen molar-refractivity contribution in [2.24, 2.45) is 0 Å². The van der Waals surface area contributed by atoms with Crippen molar-refractivity contribution in [1.82, 2.24) is 20.0 Å². The molecule has 1 aromatic heterocycles. The predicted octanol–water partition coefficient (Wildman–Crippen LogP) is 1.59. The van der Waals surface area contributed by atoms with E-state index in [2.05, 4.69) is 17.3 Å². The number of aromatic nitrogens is 2. The van der Waals surface area contributed by atoms with Gasteiger partial charge in [-0.25, -0.2) is 0 Å². The van der Waals surface area contributed by atoms with E-state index in [-0.39, 0.29) is 24.0 Å². The summed E-state index contributed by atoms with van der Waals surface area (Å²) in [6.45, 7) is 5.10. The summed E-state index contributed by atoms with van der Waals surface area (Å²) in [6.07, 6.45) is 5.80. The van der Waals surface area contributed by atoms with Crippen LogP contribution >= 0.6 is 12.4 Å². The van der Waals surface area contributed by atoms with Crippen molar-refractivity contribution in [3.63, 3.8) is 0 Å². The molecule has 9 heteroatoms. The van der Waals surface area contributed by atoms with Crippen LogP contribution in [-0.4, -0.2) is 51.2 Å². The molecule has 130 valence electrons. The maximum Gasteiger partial charge on any atom is 0.306 e. The Balaban J connectivity index is 0.00000264. The number of piperidine rings is 1. The van der Waals surface area contributed by atoms with Gasteiger partial charge in [0.1, 0.15) is 12.4 Å². The third-order valence-electron chi connectivity index (χ3n) is 3.92. The van der Waals surface area contributed by atoms with Gasteiger partial charge in [-0.3, -0.25) is 19.6 Å². The fourth-order valence-electron chi connectivity index (χ4n) is 2.79. The minimum absolute atomic E-state index is 0. The molecule has 1 fully saturated rings. The molecule has 0 spiro atoms. The van der Waals surface area contributed by atoms with E-state index in [1.165, 1.54) is 17.1 Å². The average Bonchev–Trinajstić information content (AvgIpc) is 3.00. The summed E-state index contributed by atoms with van der Waals surface area (Å²) in [4.78, 5) is 24.6. The zero-order valence-corrected chi connectivity index (χ0v) is 14.1. The van der Waals surface area contributed by atoms with Gasteiger partial charge < -0.3 is 10.2 Å². The Kier molecular flexibility index (Phi) is 7.97. The van der Waals surface area contributed by atoms with Crippen LogP contribution in [0.5, 0.6) is 0 Å². The van der Waals surface area contributed by atoms with E-state index in [0.29, 0.717) is 19.0 Å². The number of nitrogens with one attached hydrogen (secondary N) is 1. The van der Waals surface area contributed by atoms with Crippen molar-refractivity contribution in [2.45, 2.75) is 45.2 Å². The van der Waals surface area contributed by atoms with Crippen LogP contribution in [0.2, 0.25) is 0 Å². The van der Waals surface area contributed by atoms with Crippen LogP contribution in [0.15, 0.2) is 12.4 Å². The number of aryl methyl sites for hydroxylation is 1. The molecule has 1 amide bonds. The van der Waals surface area contributed by atoms with E-state index in [4.69, 9.17) is 0 Å². The summed E-state index contributed by atoms with van der Waals surface area (Å²) >= 11 is 0. The largest absolute Gasteiger partial charge is 0.340 e. The first kappa shape index (κ1) is 19.4. The Bertz CT molecular complexity index is 516. The predicted molar refractivity (Wildman–Crippen MR) is 88.6 cm³/mol. The number of carbonyl (C=O) groups is 1. The van der Waals surface area contributed by atoms with E-state index in [1.807, 2.05) is 4.90 Å². The van der Waals surface area contributed by atoms with Crippen molar-refractivity contribution in [2.75, 3.05) is 19.6 Å². The molecule has 1 N–H and O–H groups in total. The van der Waals surface area contributed by atoms with Crippen molar-refractivity contribution in [3.05, 3.63) is 22.5 Å². The average molecular weight is 346 g/mol. The monoisotopic (exact) mass is 345 g/mol. The smallest absolute Gasteiger partial charge is 0.306 e. The molecule has 1 aliphatic rings. The second-order valence-corrected chi connectivity index (χ2v) is 5.54. The molecule has 8 nitrogen and oxygen atoms in total. The first-order valence-corrected chi connectivity index (χ1v) is 7.79. The summed E-state index contributed by atoms with van der Waals surface area (Å²) < 4.78 is 1.46. The lowest BCUT2D eigenvalue weighted by atomic mass is 10.0. The fraction of sp³-hybridized carbons (Fsp3) is 0.714. The van der Waals surface area contributed by atoms with Gasteiger partial charge in [0.2, 0.25) is 5.91 Å². The van der Waals surface area contributed by atoms with Gasteiger partial charge in [0.05, 0.1) is 4.92 Å². The van der Waals surface area contributed by atoms with Crippen LogP contribution in [-0.2, 0) is 11.3 Å². The van der Waals surface area contributed by atoms with E-state index in [9.17, 15) is 14.9 Å². The topological polar surface area (TPSA) is 93.3 Å². The Morgan fingerprint density at radius 2 is 2.22 bits per heavy atom. The van der Waals surface area contributed by atoms with E-state index < -0.39 is 4.92 Å². The number of hydrogen-bond acceptors (Lipinski definition) is 5. The van der Waals surface area contributed by atoms with Gasteiger partial charge in [-0.05, 0) is 32.4 Å². The molecule has 1 aliphatic heterocycles. The Hall–Kier alpha value is -1.67. The Morgan fingerprint density at radius 1 is 1.52 bits per heavy atom. The lowest BCUT2D eigenvalue weighted by molar-refractivity contribution is -0.385. The third-order valence-corrected chi connectivity index (χ3v) is 3.92. The normalized spacial score (nSPS) is 15.0. The van der Waals surface area contributed by atoms with Crippen LogP contribution in [0.1, 0.15) is 32.6 Å². The first-order valence-electron chi connectivity index (χ1n) is 7.79. The fourth-order valence-corrected chi connectivity index (χ4v) is 2.79. The van der Waals surface area contributed by atoms with Crippen LogP contribution in [0, 0.1) is 10.1 Å². The number of carbonyl (C=O) groups excluding carboxylic acids is 1. The van der Waals surface area contributed by atoms with E-state index in [0.717, 1.165) is 38.9 Å². The lowest BCUT2D eigenvalue weighted by Gasteiger charge is -2.34. The van der Waals surface area contributed by atoms with Crippen LogP contribution < -0.4 is 5.32 Å². The number of amides is 1. The summed E-state index contributed by atoms with van der Waals surface area (Å²) in [6, 6.07) is 0.306. The number of nitrogens with zero attached hydrogens (tertiary/aromatic N) is 4. The Labute approximate surface area is 141 Å². The molecule has 1 saturated heterocycles. The maximum atomic E-state index is 12.5. The minimum Gasteiger partial charge on any atom is -0.340 e. The lowest BCUT2D eigenvalue weighted by Crippen LogP contribution is -2.46. The highest BCUT2D eigenvalue weighted by Gasteiger charge is 2.24. The first-order chi connectivity index (χ1) is 10.6. The zero-order chi connectivity index (χ0) is 15.9. The molecule has 2 heterocycles. The van der Waals surface area contributed by atoms with Gasteiger partial charge in [-0.15, -0.1) is 12.4 Å². The Morgan fingerprint density at radius 3 is 2.78 bits per heavy atom. The van der Waals surface area contributed by atoms with Gasteiger partial charge in [0.15, 0.2) is 0 Å². The maximum absolute atomic E-state index is 12.5. The number of halogens is 1. The summed E-state index contributed by atoms with van der Waals surface area (Å²) in [7, 11) is 0. The molecule has 2 rings (SSSR count). The van der Waals surface area contributed by atoms with E-state index in [1.54, 1.807) is 0 Å². The molecule has 23 heavy (non-hydrogen) atoms. The molecule has 1 aromatic rings.